The summed E-state index contributed by atoms with van der Waals surface area (Å²) in [5, 5.41) is 2.84. The number of piperazine rings is 1. The second kappa shape index (κ2) is 8.02. The van der Waals surface area contributed by atoms with Gasteiger partial charge in [0.25, 0.3) is 0 Å². The molecular formula is C20H23N3O5S. The number of ether oxygens (including phenoxy) is 2. The Kier molecular flexibility index (Phi) is 5.44. The van der Waals surface area contributed by atoms with Crippen LogP contribution in [-0.4, -0.2) is 63.0 Å². The molecule has 2 aromatic carbocycles. The van der Waals surface area contributed by atoms with Crippen molar-refractivity contribution in [3.63, 3.8) is 0 Å². The summed E-state index contributed by atoms with van der Waals surface area (Å²) in [6.45, 7) is 4.01. The Balaban J connectivity index is 1.30. The highest BCUT2D eigenvalue weighted by atomic mass is 32.2. The predicted octanol–water partition coefficient (Wildman–Crippen LogP) is 1.67. The van der Waals surface area contributed by atoms with Crippen molar-refractivity contribution in [3.8, 4) is 11.5 Å². The monoisotopic (exact) mass is 417 g/mol. The number of nitrogens with one attached hydrogen (secondary N) is 1. The highest BCUT2D eigenvalue weighted by Gasteiger charge is 2.29. The molecule has 2 heterocycles. The smallest absolute Gasteiger partial charge is 0.243 e. The van der Waals surface area contributed by atoms with Gasteiger partial charge in [-0.05, 0) is 31.2 Å². The molecule has 154 valence electrons. The molecular weight excluding hydrogens is 394 g/mol. The van der Waals surface area contributed by atoms with Gasteiger partial charge >= 0.3 is 0 Å². The van der Waals surface area contributed by atoms with Gasteiger partial charge in [0.2, 0.25) is 22.7 Å². The summed E-state index contributed by atoms with van der Waals surface area (Å²) >= 11 is 0. The summed E-state index contributed by atoms with van der Waals surface area (Å²) in [6, 6.07) is 12.1. The maximum Gasteiger partial charge on any atom is 0.243 e. The Bertz CT molecular complexity index is 999. The van der Waals surface area contributed by atoms with Gasteiger partial charge in [-0.1, -0.05) is 17.7 Å². The summed E-state index contributed by atoms with van der Waals surface area (Å²) in [5.74, 6) is 1.12. The Labute approximate surface area is 170 Å². The van der Waals surface area contributed by atoms with Gasteiger partial charge in [-0.3, -0.25) is 9.69 Å². The first-order valence-corrected chi connectivity index (χ1v) is 10.8. The van der Waals surface area contributed by atoms with Gasteiger partial charge < -0.3 is 14.8 Å². The zero-order chi connectivity index (χ0) is 20.4. The van der Waals surface area contributed by atoms with Crippen LogP contribution >= 0.6 is 0 Å². The molecule has 0 aliphatic carbocycles. The van der Waals surface area contributed by atoms with Crippen LogP contribution in [0.3, 0.4) is 0 Å². The highest BCUT2D eigenvalue weighted by Crippen LogP contribution is 2.34. The van der Waals surface area contributed by atoms with Gasteiger partial charge in [0, 0.05) is 37.9 Å². The molecule has 2 aliphatic rings. The van der Waals surface area contributed by atoms with Crippen molar-refractivity contribution in [2.24, 2.45) is 0 Å². The molecule has 0 aromatic heterocycles. The molecule has 0 spiro atoms. The van der Waals surface area contributed by atoms with Crippen LogP contribution < -0.4 is 14.8 Å². The van der Waals surface area contributed by atoms with Crippen LogP contribution in [0.2, 0.25) is 0 Å². The fourth-order valence-electron chi connectivity index (χ4n) is 3.37. The quantitative estimate of drug-likeness (QED) is 0.796. The second-order valence-electron chi connectivity index (χ2n) is 7.11. The third kappa shape index (κ3) is 4.36. The average Bonchev–Trinajstić information content (AvgIpc) is 3.16. The SMILES string of the molecule is Cc1ccc(S(=O)(=O)N2CCN(CC(=O)Nc3ccc4c(c3)OCO4)CC2)cc1. The number of aryl methyl sites for hydroxylation is 1. The lowest BCUT2D eigenvalue weighted by Crippen LogP contribution is -2.50. The number of benzene rings is 2. The van der Waals surface area contributed by atoms with E-state index in [0.29, 0.717) is 48.3 Å². The standard InChI is InChI=1S/C20H23N3O5S/c1-15-2-5-17(6-3-15)29(25,26)23-10-8-22(9-11-23)13-20(24)21-16-4-7-18-19(12-16)28-14-27-18/h2-7,12H,8-11,13-14H2,1H3,(H,21,24). The maximum atomic E-state index is 12.8. The van der Waals surface area contributed by atoms with E-state index in [4.69, 9.17) is 9.47 Å². The van der Waals surface area contributed by atoms with E-state index in [0.717, 1.165) is 5.56 Å². The molecule has 1 amide bonds. The minimum absolute atomic E-state index is 0.154. The minimum Gasteiger partial charge on any atom is -0.454 e. The highest BCUT2D eigenvalue weighted by molar-refractivity contribution is 7.89. The first-order chi connectivity index (χ1) is 13.9. The maximum absolute atomic E-state index is 12.8. The zero-order valence-electron chi connectivity index (χ0n) is 16.1. The van der Waals surface area contributed by atoms with Gasteiger partial charge in [0.1, 0.15) is 0 Å². The molecule has 0 unspecified atom stereocenters. The topological polar surface area (TPSA) is 88.2 Å². The molecule has 1 saturated heterocycles. The summed E-state index contributed by atoms with van der Waals surface area (Å²) in [5.41, 5.74) is 1.65. The van der Waals surface area contributed by atoms with Crippen LogP contribution in [0.25, 0.3) is 0 Å². The molecule has 0 radical (unpaired) electrons. The van der Waals surface area contributed by atoms with Gasteiger partial charge in [-0.2, -0.15) is 4.31 Å². The number of nitrogens with zero attached hydrogens (tertiary/aromatic N) is 2. The third-order valence-corrected chi connectivity index (χ3v) is 6.93. The molecule has 1 N–H and O–H groups in total. The summed E-state index contributed by atoms with van der Waals surface area (Å²) in [4.78, 5) is 14.6. The second-order valence-corrected chi connectivity index (χ2v) is 9.05. The summed E-state index contributed by atoms with van der Waals surface area (Å²) < 4.78 is 37.6. The van der Waals surface area contributed by atoms with Crippen LogP contribution in [0.4, 0.5) is 5.69 Å². The van der Waals surface area contributed by atoms with Gasteiger partial charge in [0.15, 0.2) is 11.5 Å². The predicted molar refractivity (Wildman–Crippen MR) is 108 cm³/mol. The van der Waals surface area contributed by atoms with Crippen LogP contribution in [0, 0.1) is 6.92 Å². The lowest BCUT2D eigenvalue weighted by molar-refractivity contribution is -0.117. The molecule has 9 heteroatoms. The van der Waals surface area contributed by atoms with E-state index < -0.39 is 10.0 Å². The van der Waals surface area contributed by atoms with E-state index in [-0.39, 0.29) is 19.2 Å². The van der Waals surface area contributed by atoms with E-state index >= 15 is 0 Å². The van der Waals surface area contributed by atoms with Gasteiger partial charge in [-0.15, -0.1) is 0 Å². The molecule has 29 heavy (non-hydrogen) atoms. The first-order valence-electron chi connectivity index (χ1n) is 9.40. The Hall–Kier alpha value is -2.62. The molecule has 2 aliphatic heterocycles. The first kappa shape index (κ1) is 19.7. The molecule has 8 nitrogen and oxygen atoms in total. The number of carbonyl (C=O) groups excluding carboxylic acids is 1. The third-order valence-electron chi connectivity index (χ3n) is 5.01. The largest absolute Gasteiger partial charge is 0.454 e. The summed E-state index contributed by atoms with van der Waals surface area (Å²) in [6.07, 6.45) is 0. The normalized spacial score (nSPS) is 17.3. The number of amides is 1. The van der Waals surface area contributed by atoms with Crippen LogP contribution in [0.1, 0.15) is 5.56 Å². The molecule has 4 rings (SSSR count). The van der Waals surface area contributed by atoms with Crippen molar-refractivity contribution in [1.29, 1.82) is 0 Å². The Morgan fingerprint density at radius 2 is 1.69 bits per heavy atom. The van der Waals surface area contributed by atoms with E-state index in [1.807, 2.05) is 11.8 Å². The minimum atomic E-state index is -3.50. The van der Waals surface area contributed by atoms with Crippen molar-refractivity contribution >= 4 is 21.6 Å². The van der Waals surface area contributed by atoms with Crippen molar-refractivity contribution in [1.82, 2.24) is 9.21 Å². The molecule has 0 bridgehead atoms. The van der Waals surface area contributed by atoms with Crippen LogP contribution in [0.5, 0.6) is 11.5 Å². The summed E-state index contributed by atoms with van der Waals surface area (Å²) in [7, 11) is -3.50. The number of sulfonamides is 1. The molecule has 0 atom stereocenters. The number of carbonyl (C=O) groups is 1. The van der Waals surface area contributed by atoms with Crippen LogP contribution in [-0.2, 0) is 14.8 Å². The molecule has 1 fully saturated rings. The lowest BCUT2D eigenvalue weighted by Gasteiger charge is -2.33. The number of rotatable bonds is 5. The van der Waals surface area contributed by atoms with E-state index in [1.54, 1.807) is 42.5 Å². The van der Waals surface area contributed by atoms with Crippen molar-refractivity contribution in [2.45, 2.75) is 11.8 Å². The fraction of sp³-hybridized carbons (Fsp3) is 0.350. The van der Waals surface area contributed by atoms with Gasteiger partial charge in [-0.25, -0.2) is 8.42 Å². The molecule has 2 aromatic rings. The number of fused-ring (bicyclic) bond motifs is 1. The fourth-order valence-corrected chi connectivity index (χ4v) is 4.79. The Morgan fingerprint density at radius 1 is 1.00 bits per heavy atom. The van der Waals surface area contributed by atoms with Crippen LogP contribution in [0.15, 0.2) is 47.4 Å². The van der Waals surface area contributed by atoms with Crippen molar-refractivity contribution in [3.05, 3.63) is 48.0 Å². The van der Waals surface area contributed by atoms with E-state index in [2.05, 4.69) is 5.32 Å². The van der Waals surface area contributed by atoms with E-state index in [1.165, 1.54) is 4.31 Å². The van der Waals surface area contributed by atoms with Crippen molar-refractivity contribution in [2.75, 3.05) is 44.8 Å². The number of hydrogen-bond acceptors (Lipinski definition) is 6. The molecule has 0 saturated carbocycles. The number of hydrogen-bond donors (Lipinski definition) is 1. The zero-order valence-corrected chi connectivity index (χ0v) is 16.9. The van der Waals surface area contributed by atoms with Gasteiger partial charge in [0.05, 0.1) is 11.4 Å². The van der Waals surface area contributed by atoms with E-state index in [9.17, 15) is 13.2 Å². The van der Waals surface area contributed by atoms with Crippen molar-refractivity contribution < 1.29 is 22.7 Å². The Morgan fingerprint density at radius 3 is 2.41 bits per heavy atom. The number of anilines is 1. The average molecular weight is 417 g/mol. The lowest BCUT2D eigenvalue weighted by atomic mass is 10.2.